The van der Waals surface area contributed by atoms with Crippen molar-refractivity contribution < 1.29 is 9.53 Å². The molecule has 0 fully saturated rings. The van der Waals surface area contributed by atoms with Gasteiger partial charge in [0.1, 0.15) is 5.75 Å². The van der Waals surface area contributed by atoms with Crippen LogP contribution in [0.2, 0.25) is 0 Å². The molecule has 0 radical (unpaired) electrons. The SMILES string of the molecule is CN=C(NCc1ccsc1)NCc1ccc(OC)c(NC(C)=O)c1. The van der Waals surface area contributed by atoms with Gasteiger partial charge in [-0.15, -0.1) is 0 Å². The standard InChI is InChI=1S/C17H22N4O2S/c1-12(22)21-15-8-13(4-5-16(15)23-3)9-19-17(18-2)20-10-14-6-7-24-11-14/h4-8,11H,9-10H2,1-3H3,(H,21,22)(H2,18,19,20). The average Bonchev–Trinajstić information content (AvgIpc) is 3.08. The largest absolute Gasteiger partial charge is 0.495 e. The summed E-state index contributed by atoms with van der Waals surface area (Å²) < 4.78 is 5.26. The van der Waals surface area contributed by atoms with Crippen molar-refractivity contribution in [3.63, 3.8) is 0 Å². The molecule has 0 atom stereocenters. The first-order valence-electron chi connectivity index (χ1n) is 7.52. The normalized spacial score (nSPS) is 11.0. The molecule has 0 saturated carbocycles. The maximum atomic E-state index is 11.3. The van der Waals surface area contributed by atoms with E-state index in [0.29, 0.717) is 18.0 Å². The summed E-state index contributed by atoms with van der Waals surface area (Å²) in [7, 11) is 3.31. The van der Waals surface area contributed by atoms with Crippen molar-refractivity contribution in [2.24, 2.45) is 4.99 Å². The lowest BCUT2D eigenvalue weighted by Crippen LogP contribution is -2.36. The molecule has 6 nitrogen and oxygen atoms in total. The van der Waals surface area contributed by atoms with E-state index in [4.69, 9.17) is 4.74 Å². The number of carbonyl (C=O) groups excluding carboxylic acids is 1. The van der Waals surface area contributed by atoms with Gasteiger partial charge in [-0.3, -0.25) is 9.79 Å². The van der Waals surface area contributed by atoms with Crippen LogP contribution in [0.3, 0.4) is 0 Å². The molecule has 0 unspecified atom stereocenters. The summed E-state index contributed by atoms with van der Waals surface area (Å²) >= 11 is 1.67. The molecule has 0 aliphatic rings. The van der Waals surface area contributed by atoms with Crippen LogP contribution in [-0.4, -0.2) is 26.0 Å². The number of guanidine groups is 1. The Morgan fingerprint density at radius 1 is 1.21 bits per heavy atom. The molecular weight excluding hydrogens is 324 g/mol. The Kier molecular flexibility index (Phi) is 6.62. The Labute approximate surface area is 146 Å². The van der Waals surface area contributed by atoms with Crippen molar-refractivity contribution in [2.45, 2.75) is 20.0 Å². The number of ether oxygens (including phenoxy) is 1. The minimum Gasteiger partial charge on any atom is -0.495 e. The van der Waals surface area contributed by atoms with Crippen molar-refractivity contribution in [3.8, 4) is 5.75 Å². The summed E-state index contributed by atoms with van der Waals surface area (Å²) in [4.78, 5) is 15.5. The number of benzene rings is 1. The van der Waals surface area contributed by atoms with E-state index >= 15 is 0 Å². The van der Waals surface area contributed by atoms with Crippen LogP contribution in [-0.2, 0) is 17.9 Å². The van der Waals surface area contributed by atoms with Gasteiger partial charge in [0.15, 0.2) is 5.96 Å². The Morgan fingerprint density at radius 3 is 2.54 bits per heavy atom. The maximum absolute atomic E-state index is 11.3. The van der Waals surface area contributed by atoms with Gasteiger partial charge < -0.3 is 20.7 Å². The highest BCUT2D eigenvalue weighted by Crippen LogP contribution is 2.25. The first kappa shape index (κ1) is 17.8. The predicted octanol–water partition coefficient (Wildman–Crippen LogP) is 2.58. The molecule has 0 spiro atoms. The molecule has 0 bridgehead atoms. The van der Waals surface area contributed by atoms with Gasteiger partial charge in [0.2, 0.25) is 5.91 Å². The number of rotatable bonds is 6. The zero-order valence-corrected chi connectivity index (χ0v) is 14.9. The van der Waals surface area contributed by atoms with E-state index in [9.17, 15) is 4.79 Å². The molecule has 2 rings (SSSR count). The third-order valence-corrected chi connectivity index (χ3v) is 4.03. The summed E-state index contributed by atoms with van der Waals surface area (Å²) in [6.45, 7) is 2.78. The van der Waals surface area contributed by atoms with E-state index in [1.165, 1.54) is 12.5 Å². The number of carbonyl (C=O) groups is 1. The van der Waals surface area contributed by atoms with Crippen LogP contribution in [0.15, 0.2) is 40.0 Å². The number of hydrogen-bond acceptors (Lipinski definition) is 4. The number of anilines is 1. The van der Waals surface area contributed by atoms with Crippen molar-refractivity contribution in [3.05, 3.63) is 46.2 Å². The highest BCUT2D eigenvalue weighted by atomic mass is 32.1. The van der Waals surface area contributed by atoms with Crippen molar-refractivity contribution in [1.82, 2.24) is 10.6 Å². The second kappa shape index (κ2) is 8.93. The topological polar surface area (TPSA) is 74.8 Å². The van der Waals surface area contributed by atoms with Gasteiger partial charge >= 0.3 is 0 Å². The first-order chi connectivity index (χ1) is 11.6. The van der Waals surface area contributed by atoms with E-state index in [1.54, 1.807) is 25.5 Å². The third-order valence-electron chi connectivity index (χ3n) is 3.30. The number of methoxy groups -OCH3 is 1. The number of nitrogens with one attached hydrogen (secondary N) is 3. The Balaban J connectivity index is 1.95. The predicted molar refractivity (Wildman–Crippen MR) is 98.7 cm³/mol. The van der Waals surface area contributed by atoms with E-state index in [-0.39, 0.29) is 5.91 Å². The fourth-order valence-electron chi connectivity index (χ4n) is 2.14. The zero-order valence-electron chi connectivity index (χ0n) is 14.1. The van der Waals surface area contributed by atoms with Gasteiger partial charge in [0.05, 0.1) is 12.8 Å². The highest BCUT2D eigenvalue weighted by Gasteiger charge is 2.07. The number of nitrogens with zero attached hydrogens (tertiary/aromatic N) is 1. The maximum Gasteiger partial charge on any atom is 0.221 e. The fraction of sp³-hybridized carbons (Fsp3) is 0.294. The smallest absolute Gasteiger partial charge is 0.221 e. The number of amides is 1. The van der Waals surface area contributed by atoms with Gasteiger partial charge in [0, 0.05) is 27.1 Å². The molecular formula is C17H22N4O2S. The molecule has 7 heteroatoms. The van der Waals surface area contributed by atoms with Gasteiger partial charge in [-0.1, -0.05) is 6.07 Å². The summed E-state index contributed by atoms with van der Waals surface area (Å²) in [5.74, 6) is 1.22. The number of thiophene rings is 1. The van der Waals surface area contributed by atoms with Crippen LogP contribution in [0.5, 0.6) is 5.75 Å². The summed E-state index contributed by atoms with van der Waals surface area (Å²) in [5, 5.41) is 13.4. The summed E-state index contributed by atoms with van der Waals surface area (Å²) in [5.41, 5.74) is 2.89. The van der Waals surface area contributed by atoms with E-state index < -0.39 is 0 Å². The third kappa shape index (κ3) is 5.27. The average molecular weight is 346 g/mol. The first-order valence-corrected chi connectivity index (χ1v) is 8.46. The molecule has 2 aromatic rings. The second-order valence-electron chi connectivity index (χ2n) is 5.13. The lowest BCUT2D eigenvalue weighted by atomic mass is 10.2. The van der Waals surface area contributed by atoms with Gasteiger partial charge in [0.25, 0.3) is 0 Å². The molecule has 1 aromatic heterocycles. The zero-order chi connectivity index (χ0) is 17.4. The Bertz CT molecular complexity index is 699. The van der Waals surface area contributed by atoms with E-state index in [1.807, 2.05) is 23.6 Å². The second-order valence-corrected chi connectivity index (χ2v) is 5.91. The lowest BCUT2D eigenvalue weighted by Gasteiger charge is -2.14. The molecule has 0 aliphatic heterocycles. The fourth-order valence-corrected chi connectivity index (χ4v) is 2.81. The van der Waals surface area contributed by atoms with E-state index in [2.05, 4.69) is 32.4 Å². The van der Waals surface area contributed by atoms with Crippen LogP contribution in [0.25, 0.3) is 0 Å². The molecule has 1 amide bonds. The van der Waals surface area contributed by atoms with Crippen molar-refractivity contribution in [1.29, 1.82) is 0 Å². The highest BCUT2D eigenvalue weighted by molar-refractivity contribution is 7.07. The van der Waals surface area contributed by atoms with Crippen LogP contribution in [0, 0.1) is 0 Å². The molecule has 0 saturated heterocycles. The monoisotopic (exact) mass is 346 g/mol. The van der Waals surface area contributed by atoms with Crippen LogP contribution in [0.1, 0.15) is 18.1 Å². The molecule has 0 aliphatic carbocycles. The quantitative estimate of drug-likeness (QED) is 0.555. The van der Waals surface area contributed by atoms with Gasteiger partial charge in [-0.25, -0.2) is 0 Å². The minimum atomic E-state index is -0.133. The lowest BCUT2D eigenvalue weighted by molar-refractivity contribution is -0.114. The molecule has 24 heavy (non-hydrogen) atoms. The van der Waals surface area contributed by atoms with Crippen molar-refractivity contribution >= 4 is 28.9 Å². The summed E-state index contributed by atoms with van der Waals surface area (Å²) in [6, 6.07) is 7.75. The molecule has 1 aromatic carbocycles. The molecule has 1 heterocycles. The molecule has 128 valence electrons. The summed E-state index contributed by atoms with van der Waals surface area (Å²) in [6.07, 6.45) is 0. The van der Waals surface area contributed by atoms with Crippen LogP contribution >= 0.6 is 11.3 Å². The Morgan fingerprint density at radius 2 is 1.96 bits per heavy atom. The van der Waals surface area contributed by atoms with Crippen LogP contribution < -0.4 is 20.7 Å². The van der Waals surface area contributed by atoms with E-state index in [0.717, 1.165) is 18.1 Å². The van der Waals surface area contributed by atoms with Crippen molar-refractivity contribution in [2.75, 3.05) is 19.5 Å². The minimum absolute atomic E-state index is 0.133. The van der Waals surface area contributed by atoms with Gasteiger partial charge in [-0.2, -0.15) is 11.3 Å². The van der Waals surface area contributed by atoms with Crippen LogP contribution in [0.4, 0.5) is 5.69 Å². The van der Waals surface area contributed by atoms with Gasteiger partial charge in [-0.05, 0) is 40.1 Å². The Hall–Kier alpha value is -2.54. The number of hydrogen-bond donors (Lipinski definition) is 3. The molecule has 3 N–H and O–H groups in total. The number of aliphatic imine (C=N–C) groups is 1.